The molecule has 6 atom stereocenters. The number of nitrogens with one attached hydrogen (secondary N) is 1. The van der Waals surface area contributed by atoms with Crippen LogP contribution in [-0.2, 0) is 27.2 Å². The van der Waals surface area contributed by atoms with Crippen LogP contribution < -0.4 is 5.32 Å². The van der Waals surface area contributed by atoms with Crippen molar-refractivity contribution in [1.82, 2.24) is 4.90 Å². The van der Waals surface area contributed by atoms with Crippen LogP contribution in [0, 0.1) is 35.5 Å². The zero-order valence-corrected chi connectivity index (χ0v) is 17.1. The van der Waals surface area contributed by atoms with Crippen LogP contribution in [0.2, 0.25) is 0 Å². The Morgan fingerprint density at radius 3 is 2.07 bits per heavy atom. The zero-order chi connectivity index (χ0) is 20.3. The quantitative estimate of drug-likeness (QED) is 0.597. The number of likely N-dealkylation sites (tertiary alicyclic amines) is 1. The topological polar surface area (TPSA) is 66.5 Å². The molecule has 2 saturated carbocycles. The van der Waals surface area contributed by atoms with E-state index in [1.54, 1.807) is 0 Å². The van der Waals surface area contributed by atoms with Gasteiger partial charge in [0.1, 0.15) is 0 Å². The van der Waals surface area contributed by atoms with E-state index in [0.29, 0.717) is 11.8 Å². The molecule has 0 unspecified atom stereocenters. The number of rotatable bonds is 6. The lowest BCUT2D eigenvalue weighted by Crippen LogP contribution is -2.40. The first kappa shape index (κ1) is 18.6. The molecule has 3 amide bonds. The Labute approximate surface area is 171 Å². The van der Waals surface area contributed by atoms with E-state index in [-0.39, 0.29) is 54.4 Å². The number of hydrogen-bond acceptors (Lipinski definition) is 3. The number of allylic oxidation sites excluding steroid dienone is 2. The molecule has 6 rings (SSSR count). The lowest BCUT2D eigenvalue weighted by Gasteiger charge is -2.37. The van der Waals surface area contributed by atoms with Crippen LogP contribution in [0.4, 0.5) is 5.69 Å². The number of nitrogens with zero attached hydrogens (tertiary/aromatic N) is 1. The average molecular weight is 392 g/mol. The maximum Gasteiger partial charge on any atom is 0.233 e. The molecule has 0 aromatic heterocycles. The molecule has 3 fully saturated rings. The van der Waals surface area contributed by atoms with Gasteiger partial charge in [-0.2, -0.15) is 0 Å². The molecule has 5 nitrogen and oxygen atoms in total. The molecule has 0 spiro atoms. The van der Waals surface area contributed by atoms with E-state index in [4.69, 9.17) is 0 Å². The molecule has 1 N–H and O–H groups in total. The Balaban J connectivity index is 1.26. The van der Waals surface area contributed by atoms with Gasteiger partial charge in [-0.15, -0.1) is 0 Å². The van der Waals surface area contributed by atoms with Gasteiger partial charge in [-0.05, 0) is 54.1 Å². The normalized spacial score (nSPS) is 33.7. The van der Waals surface area contributed by atoms with Gasteiger partial charge in [-0.1, -0.05) is 44.2 Å². The number of imide groups is 1. The second-order valence-corrected chi connectivity index (χ2v) is 8.94. The van der Waals surface area contributed by atoms with E-state index in [1.165, 1.54) is 4.90 Å². The molecular weight excluding hydrogens is 364 g/mol. The fourth-order valence-corrected chi connectivity index (χ4v) is 6.06. The van der Waals surface area contributed by atoms with Gasteiger partial charge in [0.05, 0.1) is 11.8 Å². The van der Waals surface area contributed by atoms with E-state index in [0.717, 1.165) is 36.1 Å². The van der Waals surface area contributed by atoms with Gasteiger partial charge in [0.25, 0.3) is 0 Å². The van der Waals surface area contributed by atoms with Crippen LogP contribution in [0.15, 0.2) is 30.4 Å². The van der Waals surface area contributed by atoms with E-state index in [2.05, 4.69) is 31.3 Å². The van der Waals surface area contributed by atoms with Crippen molar-refractivity contribution in [2.24, 2.45) is 35.5 Å². The Bertz CT molecular complexity index is 862. The van der Waals surface area contributed by atoms with E-state index < -0.39 is 0 Å². The average Bonchev–Trinajstić information content (AvgIpc) is 3.51. The summed E-state index contributed by atoms with van der Waals surface area (Å²) < 4.78 is 0. The molecule has 152 valence electrons. The Hall–Kier alpha value is -2.43. The lowest BCUT2D eigenvalue weighted by molar-refractivity contribution is -0.140. The molecule has 29 heavy (non-hydrogen) atoms. The minimum atomic E-state index is -0.183. The molecule has 2 bridgehead atoms. The predicted octanol–water partition coefficient (Wildman–Crippen LogP) is 3.19. The predicted molar refractivity (Wildman–Crippen MR) is 110 cm³/mol. The maximum absolute atomic E-state index is 13.0. The smallest absolute Gasteiger partial charge is 0.233 e. The third kappa shape index (κ3) is 2.77. The van der Waals surface area contributed by atoms with Crippen LogP contribution in [0.25, 0.3) is 0 Å². The summed E-state index contributed by atoms with van der Waals surface area (Å²) in [5.74, 6) is 1.05. The van der Waals surface area contributed by atoms with Gasteiger partial charge >= 0.3 is 0 Å². The van der Waals surface area contributed by atoms with Gasteiger partial charge in [-0.3, -0.25) is 19.3 Å². The summed E-state index contributed by atoms with van der Waals surface area (Å²) in [6, 6.07) is 6.08. The van der Waals surface area contributed by atoms with Crippen LogP contribution in [0.5, 0.6) is 0 Å². The fourth-order valence-electron chi connectivity index (χ4n) is 6.06. The summed E-state index contributed by atoms with van der Waals surface area (Å²) in [5, 5.41) is 3.04. The van der Waals surface area contributed by atoms with Gasteiger partial charge in [0, 0.05) is 18.7 Å². The highest BCUT2D eigenvalue weighted by molar-refractivity contribution is 6.06. The molecule has 5 heteroatoms. The largest absolute Gasteiger partial charge is 0.326 e. The highest BCUT2D eigenvalue weighted by Crippen LogP contribution is 2.65. The summed E-state index contributed by atoms with van der Waals surface area (Å²) in [7, 11) is 0. The van der Waals surface area contributed by atoms with E-state index >= 15 is 0 Å². The summed E-state index contributed by atoms with van der Waals surface area (Å²) in [6.07, 6.45) is 7.34. The van der Waals surface area contributed by atoms with Crippen molar-refractivity contribution >= 4 is 23.4 Å². The van der Waals surface area contributed by atoms with Gasteiger partial charge < -0.3 is 5.32 Å². The summed E-state index contributed by atoms with van der Waals surface area (Å²) in [6.45, 7) is 4.32. The third-order valence-corrected chi connectivity index (χ3v) is 7.58. The Morgan fingerprint density at radius 1 is 1.00 bits per heavy atom. The van der Waals surface area contributed by atoms with Crippen LogP contribution >= 0.6 is 0 Å². The van der Waals surface area contributed by atoms with E-state index in [9.17, 15) is 14.4 Å². The Morgan fingerprint density at radius 2 is 1.55 bits per heavy atom. The zero-order valence-electron chi connectivity index (χ0n) is 17.1. The molecule has 1 heterocycles. The van der Waals surface area contributed by atoms with Gasteiger partial charge in [-0.25, -0.2) is 0 Å². The number of carbonyl (C=O) groups excluding carboxylic acids is 3. The van der Waals surface area contributed by atoms with Gasteiger partial charge in [0.2, 0.25) is 17.7 Å². The number of aryl methyl sites for hydroxylation is 2. The number of hydrogen-bond donors (Lipinski definition) is 1. The second-order valence-electron chi connectivity index (χ2n) is 8.94. The highest BCUT2D eigenvalue weighted by atomic mass is 16.2. The van der Waals surface area contributed by atoms with Crippen molar-refractivity contribution in [2.45, 2.75) is 39.5 Å². The number of benzene rings is 1. The molecule has 1 aromatic rings. The van der Waals surface area contributed by atoms with E-state index in [1.807, 2.05) is 18.2 Å². The standard InChI is InChI=1S/C24H28N2O3/c1-3-13-6-5-7-14(4-2)22(13)25-19(27)10-11-26-23(28)20-15-8-9-16(18-12-17(15)18)21(20)24(26)29/h5-9,15-18,20-21H,3-4,10-12H2,1-2H3,(H,25,27)/t15-,16+,17-,18-,20-,21+/m1/s1. The van der Waals surface area contributed by atoms with Crippen molar-refractivity contribution in [3.63, 3.8) is 0 Å². The summed E-state index contributed by atoms with van der Waals surface area (Å²) in [5.41, 5.74) is 3.11. The number of carbonyl (C=O) groups is 3. The maximum atomic E-state index is 13.0. The number of para-hydroxylation sites is 1. The first-order chi connectivity index (χ1) is 14.0. The molecule has 5 aliphatic rings. The monoisotopic (exact) mass is 392 g/mol. The minimum absolute atomic E-state index is 0.0549. The molecule has 1 saturated heterocycles. The molecule has 1 aliphatic heterocycles. The van der Waals surface area contributed by atoms with Crippen molar-refractivity contribution in [3.8, 4) is 0 Å². The van der Waals surface area contributed by atoms with Crippen LogP contribution in [0.3, 0.4) is 0 Å². The van der Waals surface area contributed by atoms with Gasteiger partial charge in [0.15, 0.2) is 0 Å². The molecule has 1 aromatic carbocycles. The molecular formula is C24H28N2O3. The Kier molecular flexibility index (Phi) is 4.37. The summed E-state index contributed by atoms with van der Waals surface area (Å²) >= 11 is 0. The minimum Gasteiger partial charge on any atom is -0.326 e. The second kappa shape index (κ2) is 6.82. The number of anilines is 1. The van der Waals surface area contributed by atoms with Crippen molar-refractivity contribution in [3.05, 3.63) is 41.5 Å². The number of amides is 3. The van der Waals surface area contributed by atoms with Crippen molar-refractivity contribution < 1.29 is 14.4 Å². The summed E-state index contributed by atoms with van der Waals surface area (Å²) in [4.78, 5) is 40.1. The lowest BCUT2D eigenvalue weighted by atomic mass is 9.63. The SMILES string of the molecule is CCc1cccc(CC)c1NC(=O)CCN1C(=O)[C@@H]2[C@@H]3C=C[C@@H]([C@H]4C[C@H]34)[C@@H]2C1=O. The molecule has 4 aliphatic carbocycles. The first-order valence-corrected chi connectivity index (χ1v) is 11.0. The third-order valence-electron chi connectivity index (χ3n) is 7.58. The highest BCUT2D eigenvalue weighted by Gasteiger charge is 2.66. The van der Waals surface area contributed by atoms with Crippen molar-refractivity contribution in [1.29, 1.82) is 0 Å². The van der Waals surface area contributed by atoms with Crippen LogP contribution in [0.1, 0.15) is 37.8 Å². The first-order valence-electron chi connectivity index (χ1n) is 11.0. The fraction of sp³-hybridized carbons (Fsp3) is 0.542. The van der Waals surface area contributed by atoms with Crippen LogP contribution in [-0.4, -0.2) is 29.2 Å². The van der Waals surface area contributed by atoms with Crippen molar-refractivity contribution in [2.75, 3.05) is 11.9 Å². The molecule has 0 radical (unpaired) electrons.